The fourth-order valence-corrected chi connectivity index (χ4v) is 6.85. The highest BCUT2D eigenvalue weighted by atomic mass is 35.5. The summed E-state index contributed by atoms with van der Waals surface area (Å²) in [6, 6.07) is 1.09. The number of carbonyl (C=O) groups is 5. The number of carboxylic acid groups (broad SMARTS) is 1. The third-order valence-corrected chi connectivity index (χ3v) is 9.86. The summed E-state index contributed by atoms with van der Waals surface area (Å²) in [7, 11) is -1.95. The zero-order valence-corrected chi connectivity index (χ0v) is 29.0. The number of urea groups is 3. The molecule has 2 fully saturated rings. The van der Waals surface area contributed by atoms with Gasteiger partial charge in [-0.15, -0.1) is 0 Å². The number of amides is 7. The van der Waals surface area contributed by atoms with Gasteiger partial charge < -0.3 is 55.9 Å². The minimum Gasteiger partial charge on any atom is -0.534 e. The van der Waals surface area contributed by atoms with Gasteiger partial charge in [-0.2, -0.15) is 0 Å². The fourth-order valence-electron chi connectivity index (χ4n) is 6.60. The number of benzene rings is 3. The predicted molar refractivity (Wildman–Crippen MR) is 184 cm³/mol. The molecule has 3 heterocycles. The van der Waals surface area contributed by atoms with Crippen LogP contribution in [0.2, 0.25) is 5.02 Å². The Morgan fingerprint density at radius 3 is 2.27 bits per heavy atom. The number of carboxylic acids is 1. The average molecular weight is 791 g/mol. The number of likely N-dealkylation sites (tertiary alicyclic amines) is 1. The van der Waals surface area contributed by atoms with Crippen molar-refractivity contribution in [1.82, 2.24) is 25.3 Å². The minimum atomic E-state index is -1.98. The Morgan fingerprint density at radius 1 is 0.909 bits per heavy atom. The van der Waals surface area contributed by atoms with Crippen LogP contribution < -0.4 is 20.6 Å². The Morgan fingerprint density at radius 2 is 1.60 bits per heavy atom. The summed E-state index contributed by atoms with van der Waals surface area (Å²) in [6.45, 7) is 0.299. The molecule has 8 N–H and O–H groups in total. The molecular formula is C33H31BClF3N6O11. The van der Waals surface area contributed by atoms with Crippen molar-refractivity contribution in [3.05, 3.63) is 75.6 Å². The molecule has 3 aromatic rings. The molecule has 17 nitrogen and oxygen atoms in total. The lowest BCUT2D eigenvalue weighted by Gasteiger charge is -2.36. The number of halogens is 4. The van der Waals surface area contributed by atoms with Gasteiger partial charge in [0.05, 0.1) is 11.0 Å². The lowest BCUT2D eigenvalue weighted by molar-refractivity contribution is -0.123. The maximum absolute atomic E-state index is 14.7. The highest BCUT2D eigenvalue weighted by Gasteiger charge is 2.43. The Hall–Kier alpha value is -6.09. The van der Waals surface area contributed by atoms with E-state index in [-0.39, 0.29) is 43.9 Å². The summed E-state index contributed by atoms with van der Waals surface area (Å²) in [5.74, 6) is -11.2. The number of phenolic OH excluding ortho intramolecular Hbond substituents is 3. The molecule has 3 aromatic carbocycles. The van der Waals surface area contributed by atoms with Gasteiger partial charge in [-0.25, -0.2) is 37.2 Å². The number of carbonyl (C=O) groups excluding carboxylic acids is 4. The number of phenols is 3. The predicted octanol–water partition coefficient (Wildman–Crippen LogP) is 2.90. The maximum atomic E-state index is 14.7. The standard InChI is InChI=1S/C33H31BClF3N6O11/c35-24-17(13-20(38)26(46)27(24)47)25(29(48)40-22-11-14-1-3-19(37)23(30(49)50)28(14)55-34(22)54)41-32(52)44-10-9-43(33(44)53)16-5-7-42(8-6-16)31(51)39-15-2-4-18(36)21(45)12-15/h1-4,12-13,16,22,25,45-47,54H,5-11H2,(H,39,51)(H,40,48)(H,41,52)(H,49,50)/t22-,25+/m0/s1. The van der Waals surface area contributed by atoms with Crippen molar-refractivity contribution in [3.63, 3.8) is 0 Å². The molecule has 0 radical (unpaired) electrons. The third kappa shape index (κ3) is 7.65. The highest BCUT2D eigenvalue weighted by Crippen LogP contribution is 2.41. The first-order valence-electron chi connectivity index (χ1n) is 16.6. The van der Waals surface area contributed by atoms with E-state index in [1.165, 1.54) is 21.9 Å². The number of piperidine rings is 1. The molecule has 2 saturated heterocycles. The van der Waals surface area contributed by atoms with E-state index < -0.39 is 112 Å². The Labute approximate surface area is 314 Å². The van der Waals surface area contributed by atoms with Gasteiger partial charge in [0.2, 0.25) is 5.91 Å². The molecule has 2 atom stereocenters. The van der Waals surface area contributed by atoms with E-state index in [0.29, 0.717) is 18.9 Å². The number of nitrogens with one attached hydrogen (secondary N) is 3. The number of fused-ring (bicyclic) bond motifs is 1. The first kappa shape index (κ1) is 38.6. The molecule has 55 heavy (non-hydrogen) atoms. The first-order chi connectivity index (χ1) is 26.0. The van der Waals surface area contributed by atoms with Gasteiger partial charge in [0, 0.05) is 49.5 Å². The molecular weight excluding hydrogens is 760 g/mol. The van der Waals surface area contributed by atoms with E-state index in [1.807, 2.05) is 0 Å². The van der Waals surface area contributed by atoms with E-state index in [1.54, 1.807) is 0 Å². The summed E-state index contributed by atoms with van der Waals surface area (Å²) in [4.78, 5) is 68.9. The Kier molecular flexibility index (Phi) is 10.8. The van der Waals surface area contributed by atoms with Crippen molar-refractivity contribution >= 4 is 54.4 Å². The van der Waals surface area contributed by atoms with E-state index in [9.17, 15) is 62.6 Å². The van der Waals surface area contributed by atoms with Crippen LogP contribution in [0.3, 0.4) is 0 Å². The summed E-state index contributed by atoms with van der Waals surface area (Å²) in [5.41, 5.74) is -1.16. The molecule has 290 valence electrons. The van der Waals surface area contributed by atoms with Crippen molar-refractivity contribution in [1.29, 1.82) is 0 Å². The van der Waals surface area contributed by atoms with Gasteiger partial charge in [-0.1, -0.05) is 17.7 Å². The minimum absolute atomic E-state index is 0.0636. The molecule has 0 aliphatic carbocycles. The number of hydrogen-bond acceptors (Lipinski definition) is 10. The molecule has 0 bridgehead atoms. The molecule has 0 unspecified atom stereocenters. The van der Waals surface area contributed by atoms with Crippen molar-refractivity contribution in [2.45, 2.75) is 37.3 Å². The lowest BCUT2D eigenvalue weighted by Crippen LogP contribution is -2.56. The van der Waals surface area contributed by atoms with Crippen LogP contribution in [-0.2, 0) is 11.2 Å². The fraction of sp³-hybridized carbons (Fsp3) is 0.303. The number of aromatic carboxylic acids is 1. The average Bonchev–Trinajstić information content (AvgIpc) is 3.54. The summed E-state index contributed by atoms with van der Waals surface area (Å²) < 4.78 is 47.5. The second kappa shape index (κ2) is 15.3. The van der Waals surface area contributed by atoms with Crippen LogP contribution in [0.25, 0.3) is 0 Å². The number of hydrogen-bond donors (Lipinski definition) is 8. The molecule has 0 spiro atoms. The van der Waals surface area contributed by atoms with Crippen LogP contribution in [0.5, 0.6) is 23.0 Å². The number of anilines is 1. The molecule has 22 heteroatoms. The number of imide groups is 1. The SMILES string of the molecule is O=C(O)c1c(F)ccc2c1OB(O)[C@@H](NC(=O)[C@H](NC(=O)N1CCN(C3CCN(C(=O)Nc4ccc(F)c(O)c4)CC3)C1=O)c1cc(F)c(O)c(O)c1Cl)C2. The molecule has 0 aromatic heterocycles. The van der Waals surface area contributed by atoms with Gasteiger partial charge >= 0.3 is 31.2 Å². The molecule has 7 amide bonds. The van der Waals surface area contributed by atoms with Gasteiger partial charge in [0.15, 0.2) is 28.9 Å². The van der Waals surface area contributed by atoms with Crippen LogP contribution in [-0.4, -0.2) is 115 Å². The molecule has 3 aliphatic rings. The quantitative estimate of drug-likeness (QED) is 0.128. The Bertz CT molecular complexity index is 2090. The molecule has 0 saturated carbocycles. The van der Waals surface area contributed by atoms with Crippen molar-refractivity contribution in [2.24, 2.45) is 0 Å². The second-order valence-electron chi connectivity index (χ2n) is 12.8. The van der Waals surface area contributed by atoms with Crippen LogP contribution >= 0.6 is 11.6 Å². The van der Waals surface area contributed by atoms with Gasteiger partial charge in [-0.05, 0) is 49.1 Å². The number of rotatable bonds is 7. The van der Waals surface area contributed by atoms with Gasteiger partial charge in [-0.3, -0.25) is 4.79 Å². The second-order valence-corrected chi connectivity index (χ2v) is 13.2. The summed E-state index contributed by atoms with van der Waals surface area (Å²) >= 11 is 6.18. The normalized spacial score (nSPS) is 17.7. The molecule has 6 rings (SSSR count). The third-order valence-electron chi connectivity index (χ3n) is 9.46. The van der Waals surface area contributed by atoms with Gasteiger partial charge in [0.1, 0.15) is 23.2 Å². The zero-order chi connectivity index (χ0) is 39.9. The first-order valence-corrected chi connectivity index (χ1v) is 17.0. The highest BCUT2D eigenvalue weighted by molar-refractivity contribution is 6.47. The van der Waals surface area contributed by atoms with Gasteiger partial charge in [0.25, 0.3) is 0 Å². The van der Waals surface area contributed by atoms with Crippen molar-refractivity contribution < 1.29 is 67.2 Å². The Balaban J connectivity index is 1.14. The number of aromatic hydroxyl groups is 3. The maximum Gasteiger partial charge on any atom is 0.547 e. The van der Waals surface area contributed by atoms with Crippen LogP contribution in [0.1, 0.15) is 40.4 Å². The van der Waals surface area contributed by atoms with E-state index in [2.05, 4.69) is 16.0 Å². The van der Waals surface area contributed by atoms with Crippen molar-refractivity contribution in [2.75, 3.05) is 31.5 Å². The topological polar surface area (TPSA) is 242 Å². The summed E-state index contributed by atoms with van der Waals surface area (Å²) in [6.07, 6.45) is 0.319. The van der Waals surface area contributed by atoms with Crippen LogP contribution in [0.15, 0.2) is 36.4 Å². The van der Waals surface area contributed by atoms with E-state index in [4.69, 9.17) is 16.3 Å². The lowest BCUT2D eigenvalue weighted by atomic mass is 9.72. The molecule has 3 aliphatic heterocycles. The summed E-state index contributed by atoms with van der Waals surface area (Å²) in [5, 5.41) is 56.2. The van der Waals surface area contributed by atoms with Crippen LogP contribution in [0.4, 0.5) is 33.2 Å². The zero-order valence-electron chi connectivity index (χ0n) is 28.3. The van der Waals surface area contributed by atoms with Crippen molar-refractivity contribution in [3.8, 4) is 23.0 Å². The van der Waals surface area contributed by atoms with E-state index in [0.717, 1.165) is 23.1 Å². The van der Waals surface area contributed by atoms with Crippen LogP contribution in [0, 0.1) is 17.5 Å². The monoisotopic (exact) mass is 790 g/mol. The van der Waals surface area contributed by atoms with E-state index >= 15 is 0 Å². The number of nitrogens with zero attached hydrogens (tertiary/aromatic N) is 3. The largest absolute Gasteiger partial charge is 0.547 e. The smallest absolute Gasteiger partial charge is 0.534 e.